The lowest BCUT2D eigenvalue weighted by molar-refractivity contribution is -0.134. The van der Waals surface area contributed by atoms with Gasteiger partial charge in [-0.25, -0.2) is 4.98 Å². The molecule has 8 heteroatoms. The fraction of sp³-hybridized carbons (Fsp3) is 0.158. The Hall–Kier alpha value is -3.19. The van der Waals surface area contributed by atoms with Crippen LogP contribution in [0.1, 0.15) is 11.1 Å². The summed E-state index contributed by atoms with van der Waals surface area (Å²) in [6, 6.07) is 9.22. The third-order valence-corrected chi connectivity index (χ3v) is 4.35. The molecule has 3 N–H and O–H groups in total. The van der Waals surface area contributed by atoms with E-state index in [4.69, 9.17) is 16.7 Å². The molecule has 138 valence electrons. The Morgan fingerprint density at radius 3 is 2.74 bits per heavy atom. The molecule has 2 heterocycles. The Morgan fingerprint density at radius 1 is 1.22 bits per heavy atom. The third-order valence-electron chi connectivity index (χ3n) is 3.94. The predicted molar refractivity (Wildman–Crippen MR) is 106 cm³/mol. The molecule has 1 aromatic carbocycles. The van der Waals surface area contributed by atoms with Crippen LogP contribution in [-0.2, 0) is 4.79 Å². The average Bonchev–Trinajstić information content (AvgIpc) is 2.67. The van der Waals surface area contributed by atoms with Gasteiger partial charge in [0.25, 0.3) is 0 Å². The molecule has 0 spiro atoms. The average molecular weight is 384 g/mol. The molecule has 0 amide bonds. The van der Waals surface area contributed by atoms with Crippen molar-refractivity contribution >= 4 is 35.0 Å². The van der Waals surface area contributed by atoms with Crippen LogP contribution in [-0.4, -0.2) is 32.6 Å². The molecule has 0 aliphatic rings. The van der Waals surface area contributed by atoms with Gasteiger partial charge in [-0.05, 0) is 43.2 Å². The second kappa shape index (κ2) is 8.01. The van der Waals surface area contributed by atoms with Gasteiger partial charge in [-0.3, -0.25) is 9.78 Å². The summed E-state index contributed by atoms with van der Waals surface area (Å²) in [5.74, 6) is -0.273. The first-order valence-corrected chi connectivity index (χ1v) is 8.59. The Labute approximate surface area is 161 Å². The number of carbonyl (C=O) groups is 1. The monoisotopic (exact) mass is 383 g/mol. The first kappa shape index (κ1) is 18.6. The first-order chi connectivity index (χ1) is 12.9. The molecule has 3 aromatic rings. The highest BCUT2D eigenvalue weighted by Gasteiger charge is 2.11. The van der Waals surface area contributed by atoms with Crippen molar-refractivity contribution < 1.29 is 9.90 Å². The summed E-state index contributed by atoms with van der Waals surface area (Å²) >= 11 is 6.24. The van der Waals surface area contributed by atoms with Gasteiger partial charge in [-0.1, -0.05) is 17.7 Å². The van der Waals surface area contributed by atoms with Crippen molar-refractivity contribution in [3.63, 3.8) is 0 Å². The highest BCUT2D eigenvalue weighted by Crippen LogP contribution is 2.30. The van der Waals surface area contributed by atoms with Crippen LogP contribution in [0.5, 0.6) is 0 Å². The summed E-state index contributed by atoms with van der Waals surface area (Å²) in [7, 11) is 0. The fourth-order valence-electron chi connectivity index (χ4n) is 2.55. The van der Waals surface area contributed by atoms with E-state index in [0.717, 1.165) is 22.4 Å². The van der Waals surface area contributed by atoms with Gasteiger partial charge in [0, 0.05) is 34.7 Å². The largest absolute Gasteiger partial charge is 0.480 e. The van der Waals surface area contributed by atoms with Crippen molar-refractivity contribution in [2.75, 3.05) is 17.2 Å². The van der Waals surface area contributed by atoms with E-state index in [0.29, 0.717) is 16.5 Å². The van der Waals surface area contributed by atoms with Gasteiger partial charge in [0.1, 0.15) is 12.4 Å². The van der Waals surface area contributed by atoms with Crippen molar-refractivity contribution in [3.8, 4) is 11.3 Å². The third kappa shape index (κ3) is 4.51. The number of hydrogen-bond acceptors (Lipinski definition) is 6. The number of aromatic nitrogens is 3. The quantitative estimate of drug-likeness (QED) is 0.590. The molecule has 3 rings (SSSR count). The number of rotatable bonds is 6. The second-order valence-corrected chi connectivity index (χ2v) is 6.35. The molecular weight excluding hydrogens is 366 g/mol. The number of pyridine rings is 1. The lowest BCUT2D eigenvalue weighted by atomic mass is 10.1. The molecule has 0 saturated carbocycles. The molecular formula is C19H18ClN5O2. The number of carboxylic acid groups (broad SMARTS) is 1. The summed E-state index contributed by atoms with van der Waals surface area (Å²) in [5, 5.41) is 15.5. The minimum absolute atomic E-state index is 0.207. The number of aryl methyl sites for hydroxylation is 1. The van der Waals surface area contributed by atoms with E-state index in [-0.39, 0.29) is 12.5 Å². The summed E-state index contributed by atoms with van der Waals surface area (Å²) in [4.78, 5) is 23.7. The van der Waals surface area contributed by atoms with Crippen LogP contribution in [0.15, 0.2) is 42.7 Å². The number of aliphatic carboxylic acids is 1. The number of carboxylic acids is 1. The van der Waals surface area contributed by atoms with E-state index in [1.807, 2.05) is 32.0 Å². The molecule has 0 radical (unpaired) electrons. The van der Waals surface area contributed by atoms with E-state index in [9.17, 15) is 4.79 Å². The molecule has 0 atom stereocenters. The second-order valence-electron chi connectivity index (χ2n) is 5.94. The van der Waals surface area contributed by atoms with Gasteiger partial charge in [0.05, 0.1) is 5.69 Å². The first-order valence-electron chi connectivity index (χ1n) is 8.22. The van der Waals surface area contributed by atoms with Crippen LogP contribution in [0, 0.1) is 13.8 Å². The smallest absolute Gasteiger partial charge is 0.322 e. The van der Waals surface area contributed by atoms with Gasteiger partial charge in [0.15, 0.2) is 0 Å². The van der Waals surface area contributed by atoms with Gasteiger partial charge < -0.3 is 15.7 Å². The molecule has 0 aliphatic heterocycles. The fourth-order valence-corrected chi connectivity index (χ4v) is 2.71. The van der Waals surface area contributed by atoms with Crippen molar-refractivity contribution in [2.45, 2.75) is 13.8 Å². The van der Waals surface area contributed by atoms with Gasteiger partial charge >= 0.3 is 5.97 Å². The van der Waals surface area contributed by atoms with E-state index < -0.39 is 5.97 Å². The van der Waals surface area contributed by atoms with E-state index in [2.05, 4.69) is 25.6 Å². The lowest BCUT2D eigenvalue weighted by Gasteiger charge is -2.15. The summed E-state index contributed by atoms with van der Waals surface area (Å²) in [6.45, 7) is 3.61. The highest BCUT2D eigenvalue weighted by molar-refractivity contribution is 6.31. The van der Waals surface area contributed by atoms with E-state index in [1.165, 1.54) is 0 Å². The minimum atomic E-state index is -0.999. The van der Waals surface area contributed by atoms with Crippen LogP contribution in [0.3, 0.4) is 0 Å². The van der Waals surface area contributed by atoms with E-state index >= 15 is 0 Å². The lowest BCUT2D eigenvalue weighted by Crippen LogP contribution is -2.15. The SMILES string of the molecule is Cc1ccc(Cl)c(C)c1Nc1cc(-c2cccnc2)nc(NCC(=O)O)n1. The van der Waals surface area contributed by atoms with Crippen LogP contribution < -0.4 is 10.6 Å². The van der Waals surface area contributed by atoms with Crippen LogP contribution >= 0.6 is 11.6 Å². The number of halogens is 1. The standard InChI is InChI=1S/C19H18ClN5O2/c1-11-5-6-14(20)12(2)18(11)24-16-8-15(13-4-3-7-21-9-13)23-19(25-16)22-10-17(26)27/h3-9H,10H2,1-2H3,(H,26,27)(H2,22,23,24,25). The predicted octanol–water partition coefficient (Wildman–Crippen LogP) is 4.05. The maximum Gasteiger partial charge on any atom is 0.322 e. The number of nitrogens with one attached hydrogen (secondary N) is 2. The van der Waals surface area contributed by atoms with Gasteiger partial charge in [-0.15, -0.1) is 0 Å². The number of benzene rings is 1. The molecule has 0 bridgehead atoms. The highest BCUT2D eigenvalue weighted by atomic mass is 35.5. The maximum atomic E-state index is 10.9. The van der Waals surface area contributed by atoms with Gasteiger partial charge in [0.2, 0.25) is 5.95 Å². The van der Waals surface area contributed by atoms with Crippen LogP contribution in [0.4, 0.5) is 17.5 Å². The zero-order chi connectivity index (χ0) is 19.4. The normalized spacial score (nSPS) is 10.5. The van der Waals surface area contributed by atoms with Crippen molar-refractivity contribution in [1.29, 1.82) is 0 Å². The minimum Gasteiger partial charge on any atom is -0.480 e. The molecule has 2 aromatic heterocycles. The number of hydrogen-bond donors (Lipinski definition) is 3. The van der Waals surface area contributed by atoms with Crippen molar-refractivity contribution in [3.05, 3.63) is 58.9 Å². The Balaban J connectivity index is 2.02. The van der Waals surface area contributed by atoms with Crippen molar-refractivity contribution in [2.24, 2.45) is 0 Å². The molecule has 0 fully saturated rings. The number of anilines is 3. The van der Waals surface area contributed by atoms with Crippen molar-refractivity contribution in [1.82, 2.24) is 15.0 Å². The zero-order valence-electron chi connectivity index (χ0n) is 14.8. The topological polar surface area (TPSA) is 100 Å². The van der Waals surface area contributed by atoms with E-state index in [1.54, 1.807) is 24.5 Å². The Morgan fingerprint density at radius 2 is 2.04 bits per heavy atom. The molecule has 0 aliphatic carbocycles. The summed E-state index contributed by atoms with van der Waals surface area (Å²) in [5.41, 5.74) is 4.17. The van der Waals surface area contributed by atoms with Crippen LogP contribution in [0.25, 0.3) is 11.3 Å². The molecule has 0 unspecified atom stereocenters. The Bertz CT molecular complexity index is 979. The number of nitrogens with zero attached hydrogens (tertiary/aromatic N) is 3. The van der Waals surface area contributed by atoms with Crippen LogP contribution in [0.2, 0.25) is 5.02 Å². The van der Waals surface area contributed by atoms with Gasteiger partial charge in [-0.2, -0.15) is 4.98 Å². The molecule has 27 heavy (non-hydrogen) atoms. The molecule has 0 saturated heterocycles. The molecule has 7 nitrogen and oxygen atoms in total. The zero-order valence-corrected chi connectivity index (χ0v) is 15.6. The maximum absolute atomic E-state index is 10.9. The summed E-state index contributed by atoms with van der Waals surface area (Å²) in [6.07, 6.45) is 3.36. The summed E-state index contributed by atoms with van der Waals surface area (Å²) < 4.78 is 0. The Kier molecular flexibility index (Phi) is 5.52.